The minimum atomic E-state index is -0.458. The number of benzene rings is 1. The van der Waals surface area contributed by atoms with Crippen LogP contribution in [0.2, 0.25) is 5.15 Å². The van der Waals surface area contributed by atoms with E-state index in [-0.39, 0.29) is 17.6 Å². The first kappa shape index (κ1) is 16.2. The summed E-state index contributed by atoms with van der Waals surface area (Å²) in [6.07, 6.45) is 1.99. The largest absolute Gasteiger partial charge is 0.462 e. The minimum absolute atomic E-state index is 0.267. The van der Waals surface area contributed by atoms with Gasteiger partial charge < -0.3 is 10.1 Å². The van der Waals surface area contributed by atoms with Crippen LogP contribution in [0.4, 0.5) is 10.1 Å². The van der Waals surface area contributed by atoms with Crippen LogP contribution in [-0.4, -0.2) is 24.1 Å². The van der Waals surface area contributed by atoms with Crippen molar-refractivity contribution in [2.24, 2.45) is 0 Å². The van der Waals surface area contributed by atoms with Gasteiger partial charge in [-0.1, -0.05) is 23.7 Å². The molecule has 1 aromatic heterocycles. The number of hydrogen-bond donors (Lipinski definition) is 1. The normalized spacial score (nSPS) is 10.3. The van der Waals surface area contributed by atoms with Gasteiger partial charge in [0.2, 0.25) is 0 Å². The molecule has 0 atom stereocenters. The van der Waals surface area contributed by atoms with Gasteiger partial charge in [0, 0.05) is 12.7 Å². The maximum atomic E-state index is 13.1. The van der Waals surface area contributed by atoms with Crippen molar-refractivity contribution in [3.8, 4) is 0 Å². The van der Waals surface area contributed by atoms with Crippen LogP contribution in [0.1, 0.15) is 22.8 Å². The summed E-state index contributed by atoms with van der Waals surface area (Å²) < 4.78 is 18.1. The Bertz CT molecular complexity index is 664. The van der Waals surface area contributed by atoms with Gasteiger partial charge in [0.1, 0.15) is 16.5 Å². The Balaban J connectivity index is 2.05. The highest BCUT2D eigenvalue weighted by atomic mass is 35.5. The van der Waals surface area contributed by atoms with E-state index in [1.165, 1.54) is 18.3 Å². The molecule has 0 aliphatic carbocycles. The predicted molar refractivity (Wildman–Crippen MR) is 83.8 cm³/mol. The minimum Gasteiger partial charge on any atom is -0.462 e. The molecule has 1 aromatic carbocycles. The number of nitrogens with one attached hydrogen (secondary N) is 1. The Morgan fingerprint density at radius 3 is 2.95 bits per heavy atom. The molecule has 2 rings (SSSR count). The maximum Gasteiger partial charge on any atom is 0.341 e. The van der Waals surface area contributed by atoms with Gasteiger partial charge in [0.15, 0.2) is 0 Å². The summed E-state index contributed by atoms with van der Waals surface area (Å²) in [5, 5.41) is 3.39. The Hall–Kier alpha value is -2.14. The molecule has 0 bridgehead atoms. The third-order valence-electron chi connectivity index (χ3n) is 2.98. The van der Waals surface area contributed by atoms with E-state index in [4.69, 9.17) is 16.3 Å². The second kappa shape index (κ2) is 7.75. The number of hydrogen-bond acceptors (Lipinski definition) is 4. The van der Waals surface area contributed by atoms with Gasteiger partial charge in [-0.05, 0) is 37.1 Å². The lowest BCUT2D eigenvalue weighted by Crippen LogP contribution is -2.12. The highest BCUT2D eigenvalue weighted by Gasteiger charge is 2.13. The van der Waals surface area contributed by atoms with Crippen molar-refractivity contribution in [1.82, 2.24) is 4.98 Å². The van der Waals surface area contributed by atoms with Crippen LogP contribution >= 0.6 is 11.6 Å². The van der Waals surface area contributed by atoms with E-state index in [9.17, 15) is 9.18 Å². The van der Waals surface area contributed by atoms with E-state index in [2.05, 4.69) is 10.3 Å². The number of carbonyl (C=O) groups excluding carboxylic acids is 1. The summed E-state index contributed by atoms with van der Waals surface area (Å²) in [5.41, 5.74) is 1.74. The van der Waals surface area contributed by atoms with Crippen molar-refractivity contribution in [3.05, 3.63) is 58.6 Å². The van der Waals surface area contributed by atoms with Crippen LogP contribution in [0.25, 0.3) is 0 Å². The molecule has 0 saturated heterocycles. The third kappa shape index (κ3) is 4.43. The predicted octanol–water partition coefficient (Wildman–Crippen LogP) is 3.71. The second-order valence-electron chi connectivity index (χ2n) is 4.58. The Morgan fingerprint density at radius 1 is 1.41 bits per heavy atom. The molecule has 6 heteroatoms. The molecular weight excluding hydrogens is 307 g/mol. The molecule has 22 heavy (non-hydrogen) atoms. The van der Waals surface area contributed by atoms with Crippen molar-refractivity contribution >= 4 is 23.3 Å². The summed E-state index contributed by atoms with van der Waals surface area (Å²) in [6.45, 7) is 2.54. The first-order valence-corrected chi connectivity index (χ1v) is 7.29. The van der Waals surface area contributed by atoms with E-state index in [0.717, 1.165) is 5.56 Å². The zero-order valence-electron chi connectivity index (χ0n) is 12.1. The zero-order chi connectivity index (χ0) is 15.9. The number of halogens is 2. The molecular formula is C16H16ClFN2O2. The fraction of sp³-hybridized carbons (Fsp3) is 0.250. The highest BCUT2D eigenvalue weighted by molar-refractivity contribution is 6.29. The van der Waals surface area contributed by atoms with Crippen LogP contribution in [0.3, 0.4) is 0 Å². The molecule has 0 radical (unpaired) electrons. The second-order valence-corrected chi connectivity index (χ2v) is 4.97. The smallest absolute Gasteiger partial charge is 0.341 e. The van der Waals surface area contributed by atoms with Gasteiger partial charge in [-0.3, -0.25) is 0 Å². The Kier molecular flexibility index (Phi) is 5.72. The lowest BCUT2D eigenvalue weighted by molar-refractivity contribution is 0.0527. The van der Waals surface area contributed by atoms with Crippen molar-refractivity contribution in [3.63, 3.8) is 0 Å². The summed E-state index contributed by atoms with van der Waals surface area (Å²) >= 11 is 5.86. The SMILES string of the molecule is CCOC(=O)c1cnc(Cl)cc1NCCc1cccc(F)c1. The summed E-state index contributed by atoms with van der Waals surface area (Å²) in [5.74, 6) is -0.725. The quantitative estimate of drug-likeness (QED) is 0.650. The van der Waals surface area contributed by atoms with E-state index < -0.39 is 5.97 Å². The number of aromatic nitrogens is 1. The Labute approximate surface area is 133 Å². The highest BCUT2D eigenvalue weighted by Crippen LogP contribution is 2.20. The van der Waals surface area contributed by atoms with Crippen LogP contribution < -0.4 is 5.32 Å². The molecule has 0 unspecified atom stereocenters. The number of pyridine rings is 1. The zero-order valence-corrected chi connectivity index (χ0v) is 12.9. The topological polar surface area (TPSA) is 51.2 Å². The lowest BCUT2D eigenvalue weighted by Gasteiger charge is -2.11. The van der Waals surface area contributed by atoms with Crippen LogP contribution in [-0.2, 0) is 11.2 Å². The van der Waals surface area contributed by atoms with Crippen molar-refractivity contribution in [2.75, 3.05) is 18.5 Å². The summed E-state index contributed by atoms with van der Waals surface area (Å²) in [7, 11) is 0. The van der Waals surface area contributed by atoms with Crippen LogP contribution in [0, 0.1) is 5.82 Å². The molecule has 4 nitrogen and oxygen atoms in total. The number of carbonyl (C=O) groups is 1. The van der Waals surface area contributed by atoms with Gasteiger partial charge in [-0.2, -0.15) is 0 Å². The monoisotopic (exact) mass is 322 g/mol. The molecule has 2 aromatic rings. The molecule has 0 amide bonds. The number of esters is 1. The molecule has 1 heterocycles. The van der Waals surface area contributed by atoms with E-state index in [1.807, 2.05) is 6.07 Å². The van der Waals surface area contributed by atoms with Crippen molar-refractivity contribution in [1.29, 1.82) is 0 Å². The number of rotatable bonds is 6. The molecule has 0 aliphatic heterocycles. The maximum absolute atomic E-state index is 13.1. The summed E-state index contributed by atoms with van der Waals surface area (Å²) in [4.78, 5) is 15.8. The fourth-order valence-electron chi connectivity index (χ4n) is 1.98. The molecule has 0 spiro atoms. The van der Waals surface area contributed by atoms with Gasteiger partial charge in [0.05, 0.1) is 12.3 Å². The standard InChI is InChI=1S/C16H16ClFN2O2/c1-2-22-16(21)13-10-20-15(17)9-14(13)19-7-6-11-4-3-5-12(18)8-11/h3-5,8-10H,2,6-7H2,1H3,(H,19,20). The first-order valence-electron chi connectivity index (χ1n) is 6.91. The number of ether oxygens (including phenoxy) is 1. The lowest BCUT2D eigenvalue weighted by atomic mass is 10.1. The third-order valence-corrected chi connectivity index (χ3v) is 3.19. The molecule has 0 fully saturated rings. The van der Waals surface area contributed by atoms with Gasteiger partial charge >= 0.3 is 5.97 Å². The number of nitrogens with zero attached hydrogens (tertiary/aromatic N) is 1. The average molecular weight is 323 g/mol. The van der Waals surface area contributed by atoms with E-state index in [0.29, 0.717) is 24.2 Å². The van der Waals surface area contributed by atoms with E-state index in [1.54, 1.807) is 19.1 Å². The van der Waals surface area contributed by atoms with Crippen LogP contribution in [0.5, 0.6) is 0 Å². The van der Waals surface area contributed by atoms with Gasteiger partial charge in [-0.15, -0.1) is 0 Å². The van der Waals surface area contributed by atoms with Crippen molar-refractivity contribution in [2.45, 2.75) is 13.3 Å². The Morgan fingerprint density at radius 2 is 2.23 bits per heavy atom. The average Bonchev–Trinajstić information content (AvgIpc) is 2.47. The first-order chi connectivity index (χ1) is 10.6. The van der Waals surface area contributed by atoms with E-state index >= 15 is 0 Å². The molecule has 0 aliphatic rings. The molecule has 0 saturated carbocycles. The number of anilines is 1. The molecule has 116 valence electrons. The molecule has 1 N–H and O–H groups in total. The van der Waals surface area contributed by atoms with Crippen LogP contribution in [0.15, 0.2) is 36.5 Å². The summed E-state index contributed by atoms with van der Waals surface area (Å²) in [6, 6.07) is 7.96. The van der Waals surface area contributed by atoms with Crippen molar-refractivity contribution < 1.29 is 13.9 Å². The van der Waals surface area contributed by atoms with Gasteiger partial charge in [0.25, 0.3) is 0 Å². The fourth-order valence-corrected chi connectivity index (χ4v) is 2.14. The van der Waals surface area contributed by atoms with Gasteiger partial charge in [-0.25, -0.2) is 14.2 Å².